The number of nitrogens with one attached hydrogen (secondary N) is 1. The summed E-state index contributed by atoms with van der Waals surface area (Å²) in [5, 5.41) is 3.51. The van der Waals surface area contributed by atoms with Gasteiger partial charge in [-0.05, 0) is 53.5 Å². The van der Waals surface area contributed by atoms with Gasteiger partial charge in [-0.25, -0.2) is 4.79 Å². The van der Waals surface area contributed by atoms with E-state index in [0.717, 1.165) is 32.4 Å². The Balaban J connectivity index is 2.40. The van der Waals surface area contributed by atoms with Crippen molar-refractivity contribution in [1.29, 1.82) is 0 Å². The summed E-state index contributed by atoms with van der Waals surface area (Å²) in [4.78, 5) is 14.2. The van der Waals surface area contributed by atoms with Crippen LogP contribution in [0.3, 0.4) is 0 Å². The fourth-order valence-electron chi connectivity index (χ4n) is 2.62. The lowest BCUT2D eigenvalue weighted by molar-refractivity contribution is -0.0355. The number of ether oxygens (including phenoxy) is 3. The zero-order valence-electron chi connectivity index (χ0n) is 15.4. The maximum absolute atomic E-state index is 12.4. The molecule has 136 valence electrons. The minimum absolute atomic E-state index is 0.0695. The highest BCUT2D eigenvalue weighted by atomic mass is 16.6. The summed E-state index contributed by atoms with van der Waals surface area (Å²) in [5.74, 6) is 0. The highest BCUT2D eigenvalue weighted by Gasteiger charge is 2.31. The van der Waals surface area contributed by atoms with Gasteiger partial charge in [0.15, 0.2) is 0 Å². The summed E-state index contributed by atoms with van der Waals surface area (Å²) in [6.07, 6.45) is 2.78. The van der Waals surface area contributed by atoms with Crippen LogP contribution in [0.25, 0.3) is 0 Å². The van der Waals surface area contributed by atoms with Gasteiger partial charge >= 0.3 is 6.09 Å². The Bertz CT molecular complexity index is 344. The van der Waals surface area contributed by atoms with Gasteiger partial charge < -0.3 is 24.4 Å². The molecule has 0 aliphatic carbocycles. The molecule has 1 saturated heterocycles. The molecule has 1 heterocycles. The Morgan fingerprint density at radius 3 is 2.78 bits per heavy atom. The molecule has 1 N–H and O–H groups in total. The molecule has 0 spiro atoms. The van der Waals surface area contributed by atoms with Gasteiger partial charge in [-0.15, -0.1) is 0 Å². The number of nitrogens with zero attached hydrogens (tertiary/aromatic N) is 1. The molecule has 6 nitrogen and oxygen atoms in total. The summed E-state index contributed by atoms with van der Waals surface area (Å²) in [5.41, 5.74) is -0.467. The minimum Gasteiger partial charge on any atom is -0.444 e. The number of carbonyl (C=O) groups excluding carboxylic acids is 1. The summed E-state index contributed by atoms with van der Waals surface area (Å²) >= 11 is 0. The number of carbonyl (C=O) groups is 1. The zero-order valence-corrected chi connectivity index (χ0v) is 15.4. The molecule has 0 saturated carbocycles. The van der Waals surface area contributed by atoms with Gasteiger partial charge in [-0.3, -0.25) is 0 Å². The van der Waals surface area contributed by atoms with Crippen LogP contribution >= 0.6 is 0 Å². The zero-order chi connectivity index (χ0) is 17.3. The van der Waals surface area contributed by atoms with Crippen LogP contribution in [0.15, 0.2) is 0 Å². The van der Waals surface area contributed by atoms with Gasteiger partial charge in [0.2, 0.25) is 0 Å². The molecule has 1 amide bonds. The van der Waals surface area contributed by atoms with Crippen molar-refractivity contribution < 1.29 is 19.0 Å². The molecule has 6 heteroatoms. The van der Waals surface area contributed by atoms with E-state index in [1.165, 1.54) is 0 Å². The fourth-order valence-corrected chi connectivity index (χ4v) is 2.62. The van der Waals surface area contributed by atoms with Gasteiger partial charge in [0.1, 0.15) is 5.60 Å². The monoisotopic (exact) mass is 330 g/mol. The number of hydrogen-bond donors (Lipinski definition) is 1. The van der Waals surface area contributed by atoms with E-state index >= 15 is 0 Å². The number of hydrogen-bond acceptors (Lipinski definition) is 5. The first-order valence-electron chi connectivity index (χ1n) is 8.63. The molecule has 1 fully saturated rings. The van der Waals surface area contributed by atoms with E-state index in [-0.39, 0.29) is 12.1 Å². The number of amides is 1. The second-order valence-corrected chi connectivity index (χ2v) is 7.19. The van der Waals surface area contributed by atoms with Crippen molar-refractivity contribution in [3.05, 3.63) is 0 Å². The Morgan fingerprint density at radius 1 is 1.39 bits per heavy atom. The van der Waals surface area contributed by atoms with Crippen LogP contribution in [0.4, 0.5) is 4.79 Å². The average Bonchev–Trinajstić information content (AvgIpc) is 2.45. The van der Waals surface area contributed by atoms with Crippen LogP contribution in [0, 0.1) is 0 Å². The highest BCUT2D eigenvalue weighted by Crippen LogP contribution is 2.17. The van der Waals surface area contributed by atoms with Crippen LogP contribution in [0.2, 0.25) is 0 Å². The van der Waals surface area contributed by atoms with Crippen LogP contribution in [-0.2, 0) is 14.2 Å². The molecule has 0 aromatic carbocycles. The lowest BCUT2D eigenvalue weighted by Crippen LogP contribution is -2.52. The molecule has 2 unspecified atom stereocenters. The van der Waals surface area contributed by atoms with E-state index in [0.29, 0.717) is 25.8 Å². The van der Waals surface area contributed by atoms with Crippen molar-refractivity contribution in [3.63, 3.8) is 0 Å². The lowest BCUT2D eigenvalue weighted by atomic mass is 10.1. The molecule has 1 aliphatic heterocycles. The maximum atomic E-state index is 12.4. The highest BCUT2D eigenvalue weighted by molar-refractivity contribution is 5.68. The number of rotatable bonds is 8. The third kappa shape index (κ3) is 8.53. The van der Waals surface area contributed by atoms with Crippen LogP contribution in [-0.4, -0.2) is 68.7 Å². The molecule has 0 bridgehead atoms. The van der Waals surface area contributed by atoms with Crippen molar-refractivity contribution in [3.8, 4) is 0 Å². The first-order chi connectivity index (χ1) is 10.8. The lowest BCUT2D eigenvalue weighted by Gasteiger charge is -2.37. The van der Waals surface area contributed by atoms with Crippen molar-refractivity contribution >= 4 is 6.09 Å². The van der Waals surface area contributed by atoms with Crippen molar-refractivity contribution in [2.75, 3.05) is 40.0 Å². The van der Waals surface area contributed by atoms with E-state index in [1.807, 2.05) is 25.7 Å². The largest absolute Gasteiger partial charge is 0.444 e. The molecule has 0 aromatic rings. The second-order valence-electron chi connectivity index (χ2n) is 7.19. The number of morpholine rings is 1. The van der Waals surface area contributed by atoms with Gasteiger partial charge in [0, 0.05) is 26.3 Å². The Kier molecular flexibility index (Phi) is 8.87. The van der Waals surface area contributed by atoms with Crippen LogP contribution < -0.4 is 5.32 Å². The quantitative estimate of drug-likeness (QED) is 0.693. The normalized spacial score (nSPS) is 20.4. The summed E-state index contributed by atoms with van der Waals surface area (Å²) in [6.45, 7) is 11.4. The standard InChI is InChI=1S/C17H34N2O4/c1-14(18-8-6-7-10-21-5)12-15-13-22-11-9-19(15)16(20)23-17(2,3)4/h14-15,18H,6-13H2,1-5H3. The molecule has 0 radical (unpaired) electrons. The predicted octanol–water partition coefficient (Wildman–Crippen LogP) is 2.42. The maximum Gasteiger partial charge on any atom is 0.410 e. The summed E-state index contributed by atoms with van der Waals surface area (Å²) < 4.78 is 16.1. The van der Waals surface area contributed by atoms with Crippen LogP contribution in [0.5, 0.6) is 0 Å². The third-order valence-corrected chi connectivity index (χ3v) is 3.75. The molecule has 2 atom stereocenters. The molecule has 23 heavy (non-hydrogen) atoms. The smallest absolute Gasteiger partial charge is 0.410 e. The first kappa shape index (κ1) is 20.2. The van der Waals surface area contributed by atoms with E-state index < -0.39 is 5.60 Å². The molecular formula is C17H34N2O4. The van der Waals surface area contributed by atoms with Gasteiger partial charge in [-0.2, -0.15) is 0 Å². The molecule has 1 aliphatic rings. The molecule has 0 aromatic heterocycles. The van der Waals surface area contributed by atoms with E-state index in [4.69, 9.17) is 14.2 Å². The Morgan fingerprint density at radius 2 is 2.13 bits per heavy atom. The Labute approximate surface area is 140 Å². The summed E-state index contributed by atoms with van der Waals surface area (Å²) in [7, 11) is 1.73. The van der Waals surface area contributed by atoms with Gasteiger partial charge in [0.25, 0.3) is 0 Å². The minimum atomic E-state index is -0.467. The molecule has 1 rings (SSSR count). The van der Waals surface area contributed by atoms with Crippen molar-refractivity contribution in [2.45, 2.75) is 64.6 Å². The van der Waals surface area contributed by atoms with E-state index in [2.05, 4.69) is 12.2 Å². The van der Waals surface area contributed by atoms with Crippen molar-refractivity contribution in [1.82, 2.24) is 10.2 Å². The third-order valence-electron chi connectivity index (χ3n) is 3.75. The van der Waals surface area contributed by atoms with Crippen LogP contribution in [0.1, 0.15) is 47.0 Å². The summed E-state index contributed by atoms with van der Waals surface area (Å²) in [6, 6.07) is 0.397. The predicted molar refractivity (Wildman–Crippen MR) is 90.7 cm³/mol. The second kappa shape index (κ2) is 10.1. The van der Waals surface area contributed by atoms with Gasteiger partial charge in [-0.1, -0.05) is 0 Å². The van der Waals surface area contributed by atoms with Crippen molar-refractivity contribution in [2.24, 2.45) is 0 Å². The van der Waals surface area contributed by atoms with E-state index in [1.54, 1.807) is 7.11 Å². The molecular weight excluding hydrogens is 296 g/mol. The SMILES string of the molecule is COCCCCNC(C)CC1COCCN1C(=O)OC(C)(C)C. The number of unbranched alkanes of at least 4 members (excludes halogenated alkanes) is 1. The first-order valence-corrected chi connectivity index (χ1v) is 8.63. The number of methoxy groups -OCH3 is 1. The van der Waals surface area contributed by atoms with Gasteiger partial charge in [0.05, 0.1) is 19.3 Å². The Hall–Kier alpha value is -0.850. The fraction of sp³-hybridized carbons (Fsp3) is 0.941. The topological polar surface area (TPSA) is 60.0 Å². The average molecular weight is 330 g/mol. The van der Waals surface area contributed by atoms with E-state index in [9.17, 15) is 4.79 Å².